The van der Waals surface area contributed by atoms with E-state index in [0.717, 1.165) is 15.9 Å². The fourth-order valence-electron chi connectivity index (χ4n) is 1.80. The molecule has 0 bridgehead atoms. The number of hydrogen-bond donors (Lipinski definition) is 1. The van der Waals surface area contributed by atoms with Gasteiger partial charge in [-0.3, -0.25) is 14.8 Å². The van der Waals surface area contributed by atoms with Crippen LogP contribution in [0.3, 0.4) is 0 Å². The lowest BCUT2D eigenvalue weighted by Crippen LogP contribution is -2.20. The Labute approximate surface area is 113 Å². The lowest BCUT2D eigenvalue weighted by atomic mass is 10.2. The molecule has 96 valence electrons. The summed E-state index contributed by atoms with van der Waals surface area (Å²) in [6, 6.07) is 7.75. The number of nitrogens with zero attached hydrogens (tertiary/aromatic N) is 4. The maximum absolute atomic E-state index is 11.9. The van der Waals surface area contributed by atoms with Gasteiger partial charge in [-0.05, 0) is 24.5 Å². The molecule has 19 heavy (non-hydrogen) atoms. The van der Waals surface area contributed by atoms with Crippen LogP contribution in [0.5, 0.6) is 0 Å². The lowest BCUT2D eigenvalue weighted by molar-refractivity contribution is -0.116. The van der Waals surface area contributed by atoms with Crippen LogP contribution in [-0.2, 0) is 11.3 Å². The maximum Gasteiger partial charge on any atom is 0.248 e. The molecule has 1 amide bonds. The highest BCUT2D eigenvalue weighted by Crippen LogP contribution is 2.13. The van der Waals surface area contributed by atoms with Crippen molar-refractivity contribution >= 4 is 34.3 Å². The van der Waals surface area contributed by atoms with Crippen molar-refractivity contribution < 1.29 is 4.79 Å². The van der Waals surface area contributed by atoms with E-state index in [0.29, 0.717) is 5.95 Å². The summed E-state index contributed by atoms with van der Waals surface area (Å²) in [7, 11) is 0. The molecule has 0 spiro atoms. The topological polar surface area (TPSA) is 72.7 Å². The van der Waals surface area contributed by atoms with Crippen LogP contribution < -0.4 is 5.32 Å². The number of rotatable bonds is 3. The SMILES string of the molecule is Cc1nc(NC(=O)Cn2ncc3ccccc32)ns1. The molecule has 0 radical (unpaired) electrons. The Morgan fingerprint density at radius 3 is 3.05 bits per heavy atom. The number of carbonyl (C=O) groups is 1. The van der Waals surface area contributed by atoms with Crippen molar-refractivity contribution in [1.29, 1.82) is 0 Å². The summed E-state index contributed by atoms with van der Waals surface area (Å²) in [5.41, 5.74) is 0.931. The summed E-state index contributed by atoms with van der Waals surface area (Å²) >= 11 is 1.26. The van der Waals surface area contributed by atoms with Crippen molar-refractivity contribution in [2.75, 3.05) is 5.32 Å². The van der Waals surface area contributed by atoms with E-state index in [1.54, 1.807) is 10.9 Å². The summed E-state index contributed by atoms with van der Waals surface area (Å²) in [6.45, 7) is 1.99. The van der Waals surface area contributed by atoms with Crippen molar-refractivity contribution in [3.63, 3.8) is 0 Å². The van der Waals surface area contributed by atoms with Crippen molar-refractivity contribution in [3.05, 3.63) is 35.5 Å². The Bertz CT molecular complexity index is 732. The number of aryl methyl sites for hydroxylation is 1. The van der Waals surface area contributed by atoms with Crippen molar-refractivity contribution in [2.24, 2.45) is 0 Å². The number of benzene rings is 1. The molecular weight excluding hydrogens is 262 g/mol. The van der Waals surface area contributed by atoms with E-state index in [1.165, 1.54) is 11.5 Å². The van der Waals surface area contributed by atoms with Gasteiger partial charge in [-0.25, -0.2) is 4.98 Å². The Kier molecular flexibility index (Phi) is 2.96. The van der Waals surface area contributed by atoms with E-state index < -0.39 is 0 Å². The third-order valence-electron chi connectivity index (χ3n) is 2.62. The van der Waals surface area contributed by atoms with E-state index in [9.17, 15) is 4.79 Å². The Morgan fingerprint density at radius 1 is 1.42 bits per heavy atom. The van der Waals surface area contributed by atoms with Gasteiger partial charge < -0.3 is 0 Å². The molecule has 0 aliphatic heterocycles. The van der Waals surface area contributed by atoms with Gasteiger partial charge in [0.25, 0.3) is 0 Å². The van der Waals surface area contributed by atoms with Gasteiger partial charge >= 0.3 is 0 Å². The summed E-state index contributed by atoms with van der Waals surface area (Å²) in [5, 5.41) is 8.69. The molecule has 0 atom stereocenters. The number of aromatic nitrogens is 4. The molecule has 3 aromatic rings. The highest BCUT2D eigenvalue weighted by atomic mass is 32.1. The molecule has 0 fully saturated rings. The number of nitrogens with one attached hydrogen (secondary N) is 1. The first-order chi connectivity index (χ1) is 9.22. The number of amides is 1. The average Bonchev–Trinajstić information content (AvgIpc) is 2.97. The molecule has 2 aromatic heterocycles. The van der Waals surface area contributed by atoms with E-state index >= 15 is 0 Å². The largest absolute Gasteiger partial charge is 0.292 e. The molecule has 0 unspecified atom stereocenters. The fraction of sp³-hybridized carbons (Fsp3) is 0.167. The minimum Gasteiger partial charge on any atom is -0.292 e. The molecule has 2 heterocycles. The average molecular weight is 273 g/mol. The van der Waals surface area contributed by atoms with Gasteiger partial charge in [-0.15, -0.1) is 0 Å². The number of para-hydroxylation sites is 1. The molecule has 3 rings (SSSR count). The van der Waals surface area contributed by atoms with Crippen molar-refractivity contribution in [1.82, 2.24) is 19.1 Å². The quantitative estimate of drug-likeness (QED) is 0.790. The van der Waals surface area contributed by atoms with E-state index in [1.807, 2.05) is 31.2 Å². The zero-order chi connectivity index (χ0) is 13.2. The molecule has 6 nitrogen and oxygen atoms in total. The van der Waals surface area contributed by atoms with Crippen molar-refractivity contribution in [3.8, 4) is 0 Å². The second-order valence-corrected chi connectivity index (χ2v) is 5.00. The van der Waals surface area contributed by atoms with Crippen molar-refractivity contribution in [2.45, 2.75) is 13.5 Å². The fourth-order valence-corrected chi connectivity index (χ4v) is 2.23. The number of carbonyl (C=O) groups excluding carboxylic acids is 1. The van der Waals surface area contributed by atoms with Gasteiger partial charge in [0.1, 0.15) is 11.6 Å². The summed E-state index contributed by atoms with van der Waals surface area (Å²) < 4.78 is 5.67. The Balaban J connectivity index is 1.76. The normalized spacial score (nSPS) is 10.8. The predicted molar refractivity (Wildman–Crippen MR) is 73.0 cm³/mol. The van der Waals surface area contributed by atoms with Crippen LogP contribution in [-0.4, -0.2) is 25.0 Å². The summed E-state index contributed by atoms with van der Waals surface area (Å²) in [6.07, 6.45) is 1.74. The summed E-state index contributed by atoms with van der Waals surface area (Å²) in [5.74, 6) is 0.163. The van der Waals surface area contributed by atoms with Crippen LogP contribution in [0.1, 0.15) is 5.01 Å². The number of fused-ring (bicyclic) bond motifs is 1. The van der Waals surface area contributed by atoms with Gasteiger partial charge in [0.05, 0.1) is 11.7 Å². The van der Waals surface area contributed by atoms with Gasteiger partial charge in [0.15, 0.2) is 0 Å². The first kappa shape index (κ1) is 11.8. The molecule has 0 saturated heterocycles. The Hall–Kier alpha value is -2.28. The van der Waals surface area contributed by atoms with Gasteiger partial charge in [0, 0.05) is 5.39 Å². The van der Waals surface area contributed by atoms with Crippen LogP contribution in [0, 0.1) is 6.92 Å². The van der Waals surface area contributed by atoms with E-state index in [-0.39, 0.29) is 12.5 Å². The lowest BCUT2D eigenvalue weighted by Gasteiger charge is -2.03. The van der Waals surface area contributed by atoms with E-state index in [4.69, 9.17) is 0 Å². The van der Waals surface area contributed by atoms with Gasteiger partial charge in [-0.1, -0.05) is 18.2 Å². The van der Waals surface area contributed by atoms with Gasteiger partial charge in [-0.2, -0.15) is 9.47 Å². The second kappa shape index (κ2) is 4.77. The predicted octanol–water partition coefficient (Wildman–Crippen LogP) is 1.83. The monoisotopic (exact) mass is 273 g/mol. The van der Waals surface area contributed by atoms with Crippen LogP contribution in [0.2, 0.25) is 0 Å². The van der Waals surface area contributed by atoms with E-state index in [2.05, 4.69) is 19.8 Å². The molecule has 0 aliphatic rings. The molecule has 1 N–H and O–H groups in total. The highest BCUT2D eigenvalue weighted by molar-refractivity contribution is 7.05. The first-order valence-corrected chi connectivity index (χ1v) is 6.50. The third kappa shape index (κ3) is 2.45. The first-order valence-electron chi connectivity index (χ1n) is 5.73. The Morgan fingerprint density at radius 2 is 2.26 bits per heavy atom. The van der Waals surface area contributed by atoms with Crippen LogP contribution >= 0.6 is 11.5 Å². The zero-order valence-electron chi connectivity index (χ0n) is 10.2. The summed E-state index contributed by atoms with van der Waals surface area (Å²) in [4.78, 5) is 16.0. The second-order valence-electron chi connectivity index (χ2n) is 4.05. The van der Waals surface area contributed by atoms with Crippen LogP contribution in [0.25, 0.3) is 10.9 Å². The van der Waals surface area contributed by atoms with Crippen LogP contribution in [0.15, 0.2) is 30.5 Å². The molecule has 7 heteroatoms. The van der Waals surface area contributed by atoms with Gasteiger partial charge in [0.2, 0.25) is 11.9 Å². The minimum atomic E-state index is -0.188. The number of hydrogen-bond acceptors (Lipinski definition) is 5. The smallest absolute Gasteiger partial charge is 0.248 e. The molecular formula is C12H11N5OS. The molecule has 0 saturated carbocycles. The number of anilines is 1. The van der Waals surface area contributed by atoms with Crippen LogP contribution in [0.4, 0.5) is 5.95 Å². The maximum atomic E-state index is 11.9. The highest BCUT2D eigenvalue weighted by Gasteiger charge is 2.09. The minimum absolute atomic E-state index is 0.145. The molecule has 0 aliphatic carbocycles. The standard InChI is InChI=1S/C12H11N5OS/c1-8-14-12(16-19-8)15-11(18)7-17-10-5-3-2-4-9(10)6-13-17/h2-6H,7H2,1H3,(H,15,16,18). The molecule has 1 aromatic carbocycles. The zero-order valence-corrected chi connectivity index (χ0v) is 11.0. The third-order valence-corrected chi connectivity index (χ3v) is 3.24.